The van der Waals surface area contributed by atoms with Gasteiger partial charge in [-0.25, -0.2) is 4.79 Å². The molecule has 1 rings (SSSR count). The molecule has 0 saturated heterocycles. The maximum atomic E-state index is 10.9. The summed E-state index contributed by atoms with van der Waals surface area (Å²) >= 11 is 0. The third-order valence-corrected chi connectivity index (χ3v) is 2.66. The summed E-state index contributed by atoms with van der Waals surface area (Å²) in [6.45, 7) is 4.69. The minimum Gasteiger partial charge on any atom is -0.478 e. The molecular formula is C13H22N2O4. The van der Waals surface area contributed by atoms with Crippen LogP contribution < -0.4 is 5.32 Å². The Bertz CT molecular complexity index is 438. The smallest absolute Gasteiger partial charge is 0.339 e. The Balaban J connectivity index is 2.49. The Labute approximate surface area is 113 Å². The number of aryl methyl sites for hydroxylation is 1. The fraction of sp³-hybridized carbons (Fsp3) is 0.615. The highest BCUT2D eigenvalue weighted by Crippen LogP contribution is 2.14. The molecule has 0 saturated carbocycles. The van der Waals surface area contributed by atoms with Crippen LogP contribution in [0.15, 0.2) is 10.5 Å². The number of aliphatic hydroxyl groups is 1. The van der Waals surface area contributed by atoms with Crippen LogP contribution in [-0.4, -0.2) is 53.9 Å². The maximum Gasteiger partial charge on any atom is 0.339 e. The molecular weight excluding hydrogens is 248 g/mol. The summed E-state index contributed by atoms with van der Waals surface area (Å²) in [5.74, 6) is -0.0491. The number of nitrogens with one attached hydrogen (secondary N) is 1. The first kappa shape index (κ1) is 15.7. The molecule has 0 aromatic carbocycles. The van der Waals surface area contributed by atoms with Crippen LogP contribution >= 0.6 is 0 Å². The molecule has 108 valence electrons. The lowest BCUT2D eigenvalue weighted by atomic mass is 10.1. The first-order valence-electron chi connectivity index (χ1n) is 6.12. The van der Waals surface area contributed by atoms with Gasteiger partial charge < -0.3 is 24.8 Å². The monoisotopic (exact) mass is 270 g/mol. The van der Waals surface area contributed by atoms with Crippen LogP contribution in [0, 0.1) is 6.92 Å². The van der Waals surface area contributed by atoms with Gasteiger partial charge in [0.25, 0.3) is 0 Å². The Morgan fingerprint density at radius 1 is 1.53 bits per heavy atom. The molecule has 0 aliphatic rings. The highest BCUT2D eigenvalue weighted by atomic mass is 16.4. The van der Waals surface area contributed by atoms with E-state index in [0.717, 1.165) is 0 Å². The van der Waals surface area contributed by atoms with E-state index in [2.05, 4.69) is 5.32 Å². The molecule has 1 heterocycles. The first-order valence-corrected chi connectivity index (χ1v) is 6.12. The number of furan rings is 1. The van der Waals surface area contributed by atoms with Gasteiger partial charge in [0.05, 0.1) is 12.1 Å². The lowest BCUT2D eigenvalue weighted by Crippen LogP contribution is -2.45. The zero-order valence-corrected chi connectivity index (χ0v) is 11.9. The van der Waals surface area contributed by atoms with E-state index in [1.807, 2.05) is 19.0 Å². The number of rotatable bonds is 7. The van der Waals surface area contributed by atoms with Crippen LogP contribution in [0.25, 0.3) is 0 Å². The van der Waals surface area contributed by atoms with Crippen LogP contribution in [0.5, 0.6) is 0 Å². The molecule has 1 unspecified atom stereocenters. The van der Waals surface area contributed by atoms with E-state index < -0.39 is 11.6 Å². The third-order valence-electron chi connectivity index (χ3n) is 2.66. The zero-order chi connectivity index (χ0) is 14.6. The van der Waals surface area contributed by atoms with E-state index in [9.17, 15) is 9.90 Å². The number of hydrogen-bond acceptors (Lipinski definition) is 5. The summed E-state index contributed by atoms with van der Waals surface area (Å²) in [6.07, 6.45) is 0. The Morgan fingerprint density at radius 2 is 2.16 bits per heavy atom. The van der Waals surface area contributed by atoms with Crippen molar-refractivity contribution in [1.82, 2.24) is 10.2 Å². The van der Waals surface area contributed by atoms with Gasteiger partial charge in [-0.2, -0.15) is 0 Å². The highest BCUT2D eigenvalue weighted by molar-refractivity contribution is 5.88. The van der Waals surface area contributed by atoms with Gasteiger partial charge in [-0.05, 0) is 34.0 Å². The van der Waals surface area contributed by atoms with E-state index in [1.54, 1.807) is 13.8 Å². The number of likely N-dealkylation sites (N-methyl/N-ethyl adjacent to an activating group) is 1. The van der Waals surface area contributed by atoms with Crippen molar-refractivity contribution in [3.63, 3.8) is 0 Å². The molecule has 0 bridgehead atoms. The number of aromatic carboxylic acids is 1. The van der Waals surface area contributed by atoms with Gasteiger partial charge in [0.15, 0.2) is 0 Å². The Morgan fingerprint density at radius 3 is 2.63 bits per heavy atom. The van der Waals surface area contributed by atoms with Crippen molar-refractivity contribution in [2.75, 3.05) is 27.2 Å². The zero-order valence-electron chi connectivity index (χ0n) is 11.9. The Kier molecular flexibility index (Phi) is 5.11. The second kappa shape index (κ2) is 6.18. The second-order valence-corrected chi connectivity index (χ2v) is 5.33. The molecule has 0 aliphatic heterocycles. The summed E-state index contributed by atoms with van der Waals surface area (Å²) in [5, 5.41) is 22.1. The second-order valence-electron chi connectivity index (χ2n) is 5.33. The number of nitrogens with zero attached hydrogens (tertiary/aromatic N) is 1. The molecule has 1 aromatic rings. The van der Waals surface area contributed by atoms with E-state index in [-0.39, 0.29) is 5.56 Å². The molecule has 0 radical (unpaired) electrons. The fourth-order valence-corrected chi connectivity index (χ4v) is 2.04. The molecule has 0 spiro atoms. The SMILES string of the molecule is Cc1oc(CNCC(C)(O)CN(C)C)cc1C(=O)O. The minimum atomic E-state index is -0.993. The average molecular weight is 270 g/mol. The van der Waals surface area contributed by atoms with E-state index in [0.29, 0.717) is 31.2 Å². The van der Waals surface area contributed by atoms with Gasteiger partial charge in [-0.3, -0.25) is 0 Å². The van der Waals surface area contributed by atoms with Crippen molar-refractivity contribution < 1.29 is 19.4 Å². The number of carbonyl (C=O) groups is 1. The van der Waals surface area contributed by atoms with Crippen LogP contribution in [0.1, 0.15) is 28.8 Å². The van der Waals surface area contributed by atoms with Crippen molar-refractivity contribution in [2.45, 2.75) is 26.0 Å². The van der Waals surface area contributed by atoms with Crippen molar-refractivity contribution in [3.8, 4) is 0 Å². The molecule has 19 heavy (non-hydrogen) atoms. The molecule has 1 aromatic heterocycles. The average Bonchev–Trinajstić information content (AvgIpc) is 2.57. The summed E-state index contributed by atoms with van der Waals surface area (Å²) in [5.41, 5.74) is -0.669. The quantitative estimate of drug-likeness (QED) is 0.676. The van der Waals surface area contributed by atoms with Gasteiger partial charge in [0.1, 0.15) is 17.1 Å². The van der Waals surface area contributed by atoms with Crippen molar-refractivity contribution in [1.29, 1.82) is 0 Å². The topological polar surface area (TPSA) is 85.9 Å². The van der Waals surface area contributed by atoms with Crippen LogP contribution in [0.3, 0.4) is 0 Å². The van der Waals surface area contributed by atoms with Crippen molar-refractivity contribution in [2.24, 2.45) is 0 Å². The molecule has 3 N–H and O–H groups in total. The molecule has 0 fully saturated rings. The van der Waals surface area contributed by atoms with Gasteiger partial charge in [-0.1, -0.05) is 0 Å². The van der Waals surface area contributed by atoms with Crippen molar-refractivity contribution >= 4 is 5.97 Å². The Hall–Kier alpha value is -1.37. The largest absolute Gasteiger partial charge is 0.478 e. The summed E-state index contributed by atoms with van der Waals surface area (Å²) in [7, 11) is 3.78. The lowest BCUT2D eigenvalue weighted by Gasteiger charge is -2.27. The van der Waals surface area contributed by atoms with Gasteiger partial charge in [0, 0.05) is 13.1 Å². The van der Waals surface area contributed by atoms with E-state index in [1.165, 1.54) is 6.07 Å². The summed E-state index contributed by atoms with van der Waals surface area (Å²) in [6, 6.07) is 1.51. The highest BCUT2D eigenvalue weighted by Gasteiger charge is 2.21. The third kappa shape index (κ3) is 5.02. The first-order chi connectivity index (χ1) is 8.71. The van der Waals surface area contributed by atoms with Gasteiger partial charge >= 0.3 is 5.97 Å². The van der Waals surface area contributed by atoms with Crippen LogP contribution in [0.4, 0.5) is 0 Å². The molecule has 0 aliphatic carbocycles. The van der Waals surface area contributed by atoms with Crippen LogP contribution in [0.2, 0.25) is 0 Å². The fourth-order valence-electron chi connectivity index (χ4n) is 2.04. The lowest BCUT2D eigenvalue weighted by molar-refractivity contribution is 0.0332. The molecule has 6 nitrogen and oxygen atoms in total. The molecule has 0 amide bonds. The molecule has 6 heteroatoms. The summed E-state index contributed by atoms with van der Waals surface area (Å²) in [4.78, 5) is 12.8. The number of hydrogen-bond donors (Lipinski definition) is 3. The van der Waals surface area contributed by atoms with Gasteiger partial charge in [0.2, 0.25) is 0 Å². The van der Waals surface area contributed by atoms with E-state index in [4.69, 9.17) is 9.52 Å². The predicted molar refractivity (Wildman–Crippen MR) is 71.3 cm³/mol. The predicted octanol–water partition coefficient (Wildman–Crippen LogP) is 0.688. The van der Waals surface area contributed by atoms with E-state index >= 15 is 0 Å². The number of carboxylic acid groups (broad SMARTS) is 1. The summed E-state index contributed by atoms with van der Waals surface area (Å²) < 4.78 is 5.34. The van der Waals surface area contributed by atoms with Gasteiger partial charge in [-0.15, -0.1) is 0 Å². The molecule has 1 atom stereocenters. The standard InChI is InChI=1S/C13H22N2O4/c1-9-11(12(16)17)5-10(19-9)6-14-7-13(2,18)8-15(3)4/h5,14,18H,6-8H2,1-4H3,(H,16,17). The van der Waals surface area contributed by atoms with Crippen molar-refractivity contribution in [3.05, 3.63) is 23.2 Å². The normalized spacial score (nSPS) is 14.6. The minimum absolute atomic E-state index is 0.178. The number of carboxylic acids is 1. The maximum absolute atomic E-state index is 10.9. The van der Waals surface area contributed by atoms with Crippen LogP contribution in [-0.2, 0) is 6.54 Å².